The summed E-state index contributed by atoms with van der Waals surface area (Å²) in [5.74, 6) is 0.0540. The quantitative estimate of drug-likeness (QED) is 0.647. The number of nitrogens with zero attached hydrogens (tertiary/aromatic N) is 2. The lowest BCUT2D eigenvalue weighted by Gasteiger charge is -2.34. The monoisotopic (exact) mass is 431 g/mol. The van der Waals surface area contributed by atoms with Crippen molar-refractivity contribution in [2.24, 2.45) is 0 Å². The molecule has 0 bridgehead atoms. The molecule has 7 nitrogen and oxygen atoms in total. The zero-order valence-electron chi connectivity index (χ0n) is 17.9. The first-order chi connectivity index (χ1) is 15.6. The number of aliphatic hydroxyl groups excluding tert-OH is 1. The Kier molecular flexibility index (Phi) is 5.06. The van der Waals surface area contributed by atoms with Gasteiger partial charge in [-0.05, 0) is 43.4 Å². The third-order valence-corrected chi connectivity index (χ3v) is 6.91. The van der Waals surface area contributed by atoms with E-state index in [9.17, 15) is 14.7 Å². The second-order valence-electron chi connectivity index (χ2n) is 8.48. The van der Waals surface area contributed by atoms with Gasteiger partial charge in [-0.3, -0.25) is 9.59 Å². The van der Waals surface area contributed by atoms with Crippen LogP contribution in [0.2, 0.25) is 0 Å². The number of aliphatic hydroxyl groups is 1. The normalized spacial score (nSPS) is 21.8. The molecule has 0 aliphatic carbocycles. The predicted molar refractivity (Wildman–Crippen MR) is 118 cm³/mol. The molecular weight excluding hydrogens is 406 g/mol. The summed E-state index contributed by atoms with van der Waals surface area (Å²) < 4.78 is 5.19. The lowest BCUT2D eigenvalue weighted by molar-refractivity contribution is -0.121. The number of amides is 2. The Labute approximate surface area is 186 Å². The van der Waals surface area contributed by atoms with Crippen LogP contribution in [0, 0.1) is 6.92 Å². The fraction of sp³-hybridized carbons (Fsp3) is 0.320. The predicted octanol–water partition coefficient (Wildman–Crippen LogP) is 3.21. The number of hydrogen-bond acceptors (Lipinski definition) is 5. The number of hydrogen-bond donors (Lipinski definition) is 2. The molecule has 1 saturated heterocycles. The Morgan fingerprint density at radius 1 is 1.22 bits per heavy atom. The molecule has 1 fully saturated rings. The summed E-state index contributed by atoms with van der Waals surface area (Å²) in [5.41, 5.74) is 2.62. The van der Waals surface area contributed by atoms with Crippen LogP contribution in [0.1, 0.15) is 45.8 Å². The molecular formula is C25H25N3O4. The van der Waals surface area contributed by atoms with Crippen molar-refractivity contribution in [2.45, 2.75) is 44.2 Å². The maximum absolute atomic E-state index is 13.6. The van der Waals surface area contributed by atoms with Gasteiger partial charge in [-0.15, -0.1) is 0 Å². The van der Waals surface area contributed by atoms with Crippen molar-refractivity contribution in [3.05, 3.63) is 82.7 Å². The van der Waals surface area contributed by atoms with Crippen LogP contribution >= 0.6 is 0 Å². The summed E-state index contributed by atoms with van der Waals surface area (Å²) in [4.78, 5) is 28.7. The lowest BCUT2D eigenvalue weighted by atomic mass is 9.73. The van der Waals surface area contributed by atoms with Crippen LogP contribution in [0.3, 0.4) is 0 Å². The molecule has 3 aromatic rings. The average Bonchev–Trinajstić information content (AvgIpc) is 3.47. The van der Waals surface area contributed by atoms with Gasteiger partial charge in [0.1, 0.15) is 5.76 Å². The van der Waals surface area contributed by atoms with Gasteiger partial charge in [0, 0.05) is 12.2 Å². The summed E-state index contributed by atoms with van der Waals surface area (Å²) in [7, 11) is 0. The van der Waals surface area contributed by atoms with E-state index in [2.05, 4.69) is 22.6 Å². The summed E-state index contributed by atoms with van der Waals surface area (Å²) in [5, 5.41) is 16.7. The van der Waals surface area contributed by atoms with Gasteiger partial charge in [-0.2, -0.15) is 0 Å². The number of carbonyl (C=O) groups is 2. The third-order valence-electron chi connectivity index (χ3n) is 6.91. The van der Waals surface area contributed by atoms with Gasteiger partial charge < -0.3 is 19.8 Å². The fourth-order valence-electron chi connectivity index (χ4n) is 5.28. The van der Waals surface area contributed by atoms with Crippen LogP contribution < -0.4 is 5.32 Å². The van der Waals surface area contributed by atoms with Gasteiger partial charge in [0.05, 0.1) is 23.6 Å². The van der Waals surface area contributed by atoms with Crippen LogP contribution in [-0.2, 0) is 23.2 Å². The van der Waals surface area contributed by atoms with Crippen LogP contribution in [0.15, 0.2) is 59.1 Å². The molecule has 2 aliphatic heterocycles. The van der Waals surface area contributed by atoms with Gasteiger partial charge >= 0.3 is 0 Å². The molecule has 32 heavy (non-hydrogen) atoms. The Balaban J connectivity index is 1.55. The van der Waals surface area contributed by atoms with Crippen molar-refractivity contribution in [3.63, 3.8) is 0 Å². The second-order valence-corrected chi connectivity index (χ2v) is 8.48. The number of rotatable bonds is 5. The summed E-state index contributed by atoms with van der Waals surface area (Å²) in [6.07, 6.45) is 1.90. The smallest absolute Gasteiger partial charge is 0.276 e. The fourth-order valence-corrected chi connectivity index (χ4v) is 5.28. The molecule has 7 heteroatoms. The number of aryl methyl sites for hydroxylation is 2. The number of para-hydroxylation sites is 1. The zero-order valence-corrected chi connectivity index (χ0v) is 17.9. The van der Waals surface area contributed by atoms with Crippen molar-refractivity contribution in [1.82, 2.24) is 10.1 Å². The van der Waals surface area contributed by atoms with Crippen LogP contribution in [0.5, 0.6) is 0 Å². The van der Waals surface area contributed by atoms with Crippen molar-refractivity contribution < 1.29 is 19.2 Å². The van der Waals surface area contributed by atoms with E-state index in [1.54, 1.807) is 11.8 Å². The maximum atomic E-state index is 13.6. The maximum Gasteiger partial charge on any atom is 0.276 e. The van der Waals surface area contributed by atoms with E-state index in [1.807, 2.05) is 42.5 Å². The molecule has 0 radical (unpaired) electrons. The molecule has 0 saturated carbocycles. The van der Waals surface area contributed by atoms with E-state index in [0.29, 0.717) is 30.7 Å². The molecule has 164 valence electrons. The Bertz CT molecular complexity index is 1170. The number of fused-ring (bicyclic) bond motifs is 2. The number of likely N-dealkylation sites (tertiary alicyclic amines) is 1. The molecule has 3 heterocycles. The molecule has 2 aromatic carbocycles. The molecule has 2 aliphatic rings. The minimum absolute atomic E-state index is 0.0641. The van der Waals surface area contributed by atoms with Crippen molar-refractivity contribution in [3.8, 4) is 0 Å². The number of benzene rings is 2. The van der Waals surface area contributed by atoms with E-state index >= 15 is 0 Å². The van der Waals surface area contributed by atoms with Gasteiger partial charge in [0.25, 0.3) is 5.91 Å². The molecule has 2 N–H and O–H groups in total. The highest BCUT2D eigenvalue weighted by atomic mass is 16.5. The SMILES string of the molecule is Cc1onc(C(=O)N2CC[C@@]3(C(=O)Nc4ccccc43)[C@@H]2CCc2ccccc2)c1CO. The van der Waals surface area contributed by atoms with E-state index in [1.165, 1.54) is 0 Å². The Morgan fingerprint density at radius 2 is 1.97 bits per heavy atom. The number of aromatic nitrogens is 1. The average molecular weight is 431 g/mol. The molecule has 1 aromatic heterocycles. The van der Waals surface area contributed by atoms with Crippen molar-refractivity contribution in [1.29, 1.82) is 0 Å². The van der Waals surface area contributed by atoms with Crippen molar-refractivity contribution >= 4 is 17.5 Å². The van der Waals surface area contributed by atoms with Crippen LogP contribution in [0.25, 0.3) is 0 Å². The molecule has 5 rings (SSSR count). The highest BCUT2D eigenvalue weighted by Crippen LogP contribution is 2.49. The minimum atomic E-state index is -0.806. The van der Waals surface area contributed by atoms with Crippen LogP contribution in [-0.4, -0.2) is 39.6 Å². The van der Waals surface area contributed by atoms with E-state index < -0.39 is 5.41 Å². The summed E-state index contributed by atoms with van der Waals surface area (Å²) in [6.45, 7) is 1.78. The Morgan fingerprint density at radius 3 is 2.75 bits per heavy atom. The van der Waals surface area contributed by atoms with E-state index in [-0.39, 0.29) is 30.2 Å². The highest BCUT2D eigenvalue weighted by molar-refractivity contribution is 6.08. The van der Waals surface area contributed by atoms with Gasteiger partial charge in [-0.25, -0.2) is 0 Å². The van der Waals surface area contributed by atoms with Crippen LogP contribution in [0.4, 0.5) is 5.69 Å². The first kappa shape index (κ1) is 20.5. The van der Waals surface area contributed by atoms with Crippen molar-refractivity contribution in [2.75, 3.05) is 11.9 Å². The number of nitrogens with one attached hydrogen (secondary N) is 1. The Hall–Kier alpha value is -3.45. The molecule has 2 atom stereocenters. The topological polar surface area (TPSA) is 95.7 Å². The second kappa shape index (κ2) is 7.91. The number of anilines is 1. The molecule has 2 amide bonds. The highest BCUT2D eigenvalue weighted by Gasteiger charge is 2.58. The third kappa shape index (κ3) is 3.04. The van der Waals surface area contributed by atoms with Gasteiger partial charge in [0.2, 0.25) is 5.91 Å². The summed E-state index contributed by atoms with van der Waals surface area (Å²) in [6, 6.07) is 17.5. The lowest BCUT2D eigenvalue weighted by Crippen LogP contribution is -2.49. The first-order valence-electron chi connectivity index (χ1n) is 10.9. The minimum Gasteiger partial charge on any atom is -0.391 e. The summed E-state index contributed by atoms with van der Waals surface area (Å²) >= 11 is 0. The largest absolute Gasteiger partial charge is 0.391 e. The molecule has 0 unspecified atom stereocenters. The standard InChI is InChI=1S/C25H25N3O4/c1-16-18(15-29)22(27-32-16)23(30)28-14-13-25(19-9-5-6-10-20(19)26-24(25)31)21(28)12-11-17-7-3-2-4-8-17/h2-10,21,29H,11-15H2,1H3,(H,26,31)/t21-,25-/m0/s1. The van der Waals surface area contributed by atoms with E-state index in [4.69, 9.17) is 4.52 Å². The van der Waals surface area contributed by atoms with E-state index in [0.717, 1.165) is 23.2 Å². The van der Waals surface area contributed by atoms with Gasteiger partial charge in [-0.1, -0.05) is 53.7 Å². The first-order valence-corrected chi connectivity index (χ1v) is 10.9. The number of carbonyl (C=O) groups excluding carboxylic acids is 2. The zero-order chi connectivity index (χ0) is 22.3. The molecule has 1 spiro atoms. The van der Waals surface area contributed by atoms with Gasteiger partial charge in [0.15, 0.2) is 5.69 Å².